The molecular weight excluding hydrogens is 330 g/mol. The fourth-order valence-electron chi connectivity index (χ4n) is 3.15. The molecule has 0 aliphatic carbocycles. The second kappa shape index (κ2) is 8.54. The quantitative estimate of drug-likeness (QED) is 0.796. The Balaban J connectivity index is 1.55. The van der Waals surface area contributed by atoms with Gasteiger partial charge in [0.25, 0.3) is 0 Å². The minimum Gasteiger partial charge on any atom is -0.491 e. The maximum Gasteiger partial charge on any atom is 0.138 e. The Hall–Kier alpha value is -2.08. The lowest BCUT2D eigenvalue weighted by Crippen LogP contribution is -2.29. The van der Waals surface area contributed by atoms with Gasteiger partial charge in [0.2, 0.25) is 0 Å². The van der Waals surface area contributed by atoms with Crippen molar-refractivity contribution in [1.82, 2.24) is 4.90 Å². The second-order valence-corrected chi connectivity index (χ2v) is 6.88. The van der Waals surface area contributed by atoms with Crippen LogP contribution < -0.4 is 9.47 Å². The molecule has 140 valence electrons. The Kier molecular flexibility index (Phi) is 6.14. The van der Waals surface area contributed by atoms with Crippen molar-refractivity contribution in [3.8, 4) is 11.5 Å². The maximum absolute atomic E-state index is 10.4. The summed E-state index contributed by atoms with van der Waals surface area (Å²) in [4.78, 5) is 2.19. The third-order valence-corrected chi connectivity index (χ3v) is 4.77. The molecule has 0 unspecified atom stereocenters. The summed E-state index contributed by atoms with van der Waals surface area (Å²) in [5.74, 6) is 1.56. The predicted molar refractivity (Wildman–Crippen MR) is 101 cm³/mol. The van der Waals surface area contributed by atoms with Crippen LogP contribution in [-0.2, 0) is 6.54 Å². The van der Waals surface area contributed by atoms with Gasteiger partial charge in [0.05, 0.1) is 6.61 Å². The van der Waals surface area contributed by atoms with Gasteiger partial charge in [-0.05, 0) is 54.8 Å². The van der Waals surface area contributed by atoms with Crippen molar-refractivity contribution in [1.29, 1.82) is 0 Å². The molecule has 1 aliphatic heterocycles. The van der Waals surface area contributed by atoms with Crippen molar-refractivity contribution >= 4 is 0 Å². The number of β-amino-alcohol motifs (C(OH)–C–C–N with tert-alkyl or cyclic N) is 1. The van der Waals surface area contributed by atoms with E-state index in [1.54, 1.807) is 0 Å². The SMILES string of the molecule is Cc1ccc(O[C@H]2CN(Cc3ccc(OCCO)cc3)C[C@@H]2O)cc1C. The lowest BCUT2D eigenvalue weighted by atomic mass is 10.1. The highest BCUT2D eigenvalue weighted by Crippen LogP contribution is 2.23. The second-order valence-electron chi connectivity index (χ2n) is 6.88. The van der Waals surface area contributed by atoms with E-state index in [0.29, 0.717) is 19.7 Å². The van der Waals surface area contributed by atoms with Crippen LogP contribution in [0.25, 0.3) is 0 Å². The van der Waals surface area contributed by atoms with Crippen molar-refractivity contribution in [3.63, 3.8) is 0 Å². The van der Waals surface area contributed by atoms with E-state index in [9.17, 15) is 5.11 Å². The van der Waals surface area contributed by atoms with Gasteiger partial charge < -0.3 is 19.7 Å². The Labute approximate surface area is 154 Å². The standard InChI is InChI=1S/C21H27NO4/c1-15-3-6-19(11-16(15)2)26-21-14-22(13-20(21)24)12-17-4-7-18(8-5-17)25-10-9-23/h3-8,11,20-21,23-24H,9-10,12-14H2,1-2H3/t20-,21-/m0/s1. The molecule has 0 radical (unpaired) electrons. The summed E-state index contributed by atoms with van der Waals surface area (Å²) in [6.45, 7) is 6.49. The van der Waals surface area contributed by atoms with Crippen LogP contribution in [-0.4, -0.2) is 53.6 Å². The molecule has 0 saturated carbocycles. The highest BCUT2D eigenvalue weighted by molar-refractivity contribution is 5.34. The van der Waals surface area contributed by atoms with Crippen LogP contribution in [0.1, 0.15) is 16.7 Å². The largest absolute Gasteiger partial charge is 0.491 e. The fourth-order valence-corrected chi connectivity index (χ4v) is 3.15. The molecule has 2 atom stereocenters. The van der Waals surface area contributed by atoms with E-state index in [2.05, 4.69) is 18.7 Å². The molecule has 5 nitrogen and oxygen atoms in total. The molecule has 1 heterocycles. The van der Waals surface area contributed by atoms with Crippen LogP contribution in [0.15, 0.2) is 42.5 Å². The number of ether oxygens (including phenoxy) is 2. The van der Waals surface area contributed by atoms with Crippen molar-refractivity contribution in [2.24, 2.45) is 0 Å². The monoisotopic (exact) mass is 357 g/mol. The predicted octanol–water partition coefficient (Wildman–Crippen LogP) is 2.30. The van der Waals surface area contributed by atoms with Crippen molar-refractivity contribution in [2.45, 2.75) is 32.6 Å². The average molecular weight is 357 g/mol. The van der Waals surface area contributed by atoms with Crippen molar-refractivity contribution < 1.29 is 19.7 Å². The summed E-state index contributed by atoms with van der Waals surface area (Å²) in [6, 6.07) is 13.9. The van der Waals surface area contributed by atoms with E-state index in [4.69, 9.17) is 14.6 Å². The zero-order chi connectivity index (χ0) is 18.5. The first-order chi connectivity index (χ1) is 12.5. The third kappa shape index (κ3) is 4.75. The van der Waals surface area contributed by atoms with Gasteiger partial charge in [0, 0.05) is 19.6 Å². The summed E-state index contributed by atoms with van der Waals surface area (Å²) in [5.41, 5.74) is 3.58. The minimum atomic E-state index is -0.497. The van der Waals surface area contributed by atoms with Crippen LogP contribution in [0.5, 0.6) is 11.5 Å². The summed E-state index contributed by atoms with van der Waals surface area (Å²) in [6.07, 6.45) is -0.715. The van der Waals surface area contributed by atoms with Gasteiger partial charge in [-0.1, -0.05) is 18.2 Å². The molecule has 5 heteroatoms. The molecule has 2 aromatic carbocycles. The van der Waals surface area contributed by atoms with Crippen molar-refractivity contribution in [2.75, 3.05) is 26.3 Å². The number of aryl methyl sites for hydroxylation is 2. The number of nitrogens with zero attached hydrogens (tertiary/aromatic N) is 1. The number of aliphatic hydroxyl groups is 2. The van der Waals surface area contributed by atoms with E-state index in [1.807, 2.05) is 42.5 Å². The number of likely N-dealkylation sites (tertiary alicyclic amines) is 1. The van der Waals surface area contributed by atoms with Crippen LogP contribution in [0, 0.1) is 13.8 Å². The van der Waals surface area contributed by atoms with Gasteiger partial charge in [0.1, 0.15) is 30.3 Å². The van der Waals surface area contributed by atoms with Gasteiger partial charge in [-0.3, -0.25) is 4.90 Å². The molecule has 1 aliphatic rings. The first kappa shape index (κ1) is 18.7. The van der Waals surface area contributed by atoms with E-state index in [-0.39, 0.29) is 12.7 Å². The molecule has 0 bridgehead atoms. The normalized spacial score (nSPS) is 20.3. The van der Waals surface area contributed by atoms with Gasteiger partial charge in [-0.25, -0.2) is 0 Å². The van der Waals surface area contributed by atoms with Gasteiger partial charge in [0.15, 0.2) is 0 Å². The van der Waals surface area contributed by atoms with Crippen LogP contribution in [0.4, 0.5) is 0 Å². The summed E-state index contributed by atoms with van der Waals surface area (Å²) in [5, 5.41) is 19.1. The lowest BCUT2D eigenvalue weighted by molar-refractivity contribution is 0.0736. The number of hydrogen-bond acceptors (Lipinski definition) is 5. The number of benzene rings is 2. The summed E-state index contributed by atoms with van der Waals surface area (Å²) in [7, 11) is 0. The van der Waals surface area contributed by atoms with Crippen LogP contribution in [0.3, 0.4) is 0 Å². The molecule has 3 rings (SSSR count). The Morgan fingerprint density at radius 1 is 1.00 bits per heavy atom. The van der Waals surface area contributed by atoms with E-state index >= 15 is 0 Å². The first-order valence-electron chi connectivity index (χ1n) is 9.02. The third-order valence-electron chi connectivity index (χ3n) is 4.77. The van der Waals surface area contributed by atoms with Gasteiger partial charge >= 0.3 is 0 Å². The van der Waals surface area contributed by atoms with Crippen LogP contribution in [0.2, 0.25) is 0 Å². The number of hydrogen-bond donors (Lipinski definition) is 2. The molecule has 0 amide bonds. The highest BCUT2D eigenvalue weighted by Gasteiger charge is 2.33. The van der Waals surface area contributed by atoms with Gasteiger partial charge in [-0.15, -0.1) is 0 Å². The molecular formula is C21H27NO4. The highest BCUT2D eigenvalue weighted by atomic mass is 16.5. The zero-order valence-electron chi connectivity index (χ0n) is 15.4. The van der Waals surface area contributed by atoms with Crippen LogP contribution >= 0.6 is 0 Å². The minimum absolute atomic E-state index is 0.00924. The average Bonchev–Trinajstić information content (AvgIpc) is 2.96. The zero-order valence-corrected chi connectivity index (χ0v) is 15.4. The Morgan fingerprint density at radius 2 is 1.73 bits per heavy atom. The summed E-state index contributed by atoms with van der Waals surface area (Å²) < 4.78 is 11.4. The number of aliphatic hydroxyl groups excluding tert-OH is 2. The smallest absolute Gasteiger partial charge is 0.138 e. The molecule has 2 aromatic rings. The molecule has 0 spiro atoms. The van der Waals surface area contributed by atoms with E-state index < -0.39 is 6.10 Å². The molecule has 1 fully saturated rings. The summed E-state index contributed by atoms with van der Waals surface area (Å²) >= 11 is 0. The fraction of sp³-hybridized carbons (Fsp3) is 0.429. The molecule has 1 saturated heterocycles. The van der Waals surface area contributed by atoms with Gasteiger partial charge in [-0.2, -0.15) is 0 Å². The van der Waals surface area contributed by atoms with E-state index in [1.165, 1.54) is 11.1 Å². The molecule has 26 heavy (non-hydrogen) atoms. The topological polar surface area (TPSA) is 62.2 Å². The first-order valence-corrected chi connectivity index (χ1v) is 9.02. The molecule has 0 aromatic heterocycles. The maximum atomic E-state index is 10.4. The number of rotatable bonds is 7. The Bertz CT molecular complexity index is 716. The van der Waals surface area contributed by atoms with E-state index in [0.717, 1.165) is 23.6 Å². The molecule has 2 N–H and O–H groups in total. The lowest BCUT2D eigenvalue weighted by Gasteiger charge is -2.18. The van der Waals surface area contributed by atoms with Crippen molar-refractivity contribution in [3.05, 3.63) is 59.2 Å². The Morgan fingerprint density at radius 3 is 2.42 bits per heavy atom.